The Labute approximate surface area is 106 Å². The molecule has 0 aliphatic rings. The highest BCUT2D eigenvalue weighted by Crippen LogP contribution is 2.34. The lowest BCUT2D eigenvalue weighted by Gasteiger charge is -2.09. The fourth-order valence-electron chi connectivity index (χ4n) is 1.18. The molecule has 1 aromatic carbocycles. The molecule has 1 heterocycles. The third-order valence-electron chi connectivity index (χ3n) is 1.87. The van der Waals surface area contributed by atoms with Crippen LogP contribution in [0.3, 0.4) is 0 Å². The van der Waals surface area contributed by atoms with Crippen LogP contribution in [-0.4, -0.2) is 5.97 Å². The summed E-state index contributed by atoms with van der Waals surface area (Å²) in [5, 5.41) is 13.3. The van der Waals surface area contributed by atoms with Gasteiger partial charge in [0.05, 0.1) is 10.2 Å². The molecule has 0 saturated heterocycles. The van der Waals surface area contributed by atoms with Gasteiger partial charge in [-0.2, -0.15) is 0 Å². The maximum absolute atomic E-state index is 10.9. The number of hydrogen-bond acceptors (Lipinski definition) is 4. The van der Waals surface area contributed by atoms with Gasteiger partial charge in [-0.3, -0.25) is 0 Å². The topological polar surface area (TPSA) is 40.1 Å². The molecule has 5 heteroatoms. The first-order chi connectivity index (χ1) is 7.66. The number of carbonyl (C=O) groups is 1. The Balaban J connectivity index is 2.36. The van der Waals surface area contributed by atoms with E-state index in [0.29, 0.717) is 9.92 Å². The van der Waals surface area contributed by atoms with E-state index < -0.39 is 5.97 Å². The van der Waals surface area contributed by atoms with E-state index in [1.807, 2.05) is 17.5 Å². The Bertz CT molecular complexity index is 509. The summed E-state index contributed by atoms with van der Waals surface area (Å²) in [6.45, 7) is 0. The molecule has 0 spiro atoms. The summed E-state index contributed by atoms with van der Waals surface area (Å²) in [4.78, 5) is 11.6. The normalized spacial score (nSPS) is 10.3. The number of aromatic carboxylic acids is 1. The van der Waals surface area contributed by atoms with Crippen molar-refractivity contribution in [3.63, 3.8) is 0 Å². The standard InChI is InChI=1S/C11H7ClO2S2/c12-7-3-4-9(8(6-7)11(13)14)16-10-2-1-5-15-10/h1-6H,(H,13,14)/p-1. The van der Waals surface area contributed by atoms with Crippen molar-refractivity contribution in [3.05, 3.63) is 46.3 Å². The molecule has 2 aromatic rings. The number of rotatable bonds is 3. The van der Waals surface area contributed by atoms with Gasteiger partial charge in [-0.25, -0.2) is 0 Å². The molecule has 0 radical (unpaired) electrons. The molecular weight excluding hydrogens is 264 g/mol. The lowest BCUT2D eigenvalue weighted by Crippen LogP contribution is -2.22. The molecule has 0 bridgehead atoms. The molecule has 16 heavy (non-hydrogen) atoms. The fraction of sp³-hybridized carbons (Fsp3) is 0. The summed E-state index contributed by atoms with van der Waals surface area (Å²) < 4.78 is 1.03. The Morgan fingerprint density at radius 1 is 1.38 bits per heavy atom. The summed E-state index contributed by atoms with van der Waals surface area (Å²) in [5.41, 5.74) is 0.130. The van der Waals surface area contributed by atoms with E-state index in [4.69, 9.17) is 11.6 Å². The summed E-state index contributed by atoms with van der Waals surface area (Å²) in [7, 11) is 0. The third-order valence-corrected chi connectivity index (χ3v) is 4.22. The zero-order chi connectivity index (χ0) is 11.5. The van der Waals surface area contributed by atoms with Crippen LogP contribution in [-0.2, 0) is 0 Å². The Morgan fingerprint density at radius 3 is 2.81 bits per heavy atom. The first-order valence-corrected chi connectivity index (χ1v) is 6.46. The molecule has 0 unspecified atom stereocenters. The summed E-state index contributed by atoms with van der Waals surface area (Å²) >= 11 is 8.70. The minimum atomic E-state index is -1.21. The van der Waals surface area contributed by atoms with Crippen LogP contribution < -0.4 is 5.11 Å². The molecule has 2 nitrogen and oxygen atoms in total. The van der Waals surface area contributed by atoms with Crippen molar-refractivity contribution in [1.29, 1.82) is 0 Å². The quantitative estimate of drug-likeness (QED) is 0.860. The molecule has 0 amide bonds. The second-order valence-electron chi connectivity index (χ2n) is 2.96. The highest BCUT2D eigenvalue weighted by Gasteiger charge is 2.06. The van der Waals surface area contributed by atoms with Gasteiger partial charge in [-0.05, 0) is 29.6 Å². The predicted molar refractivity (Wildman–Crippen MR) is 64.2 cm³/mol. The van der Waals surface area contributed by atoms with E-state index in [2.05, 4.69) is 0 Å². The number of halogens is 1. The first kappa shape index (κ1) is 11.5. The van der Waals surface area contributed by atoms with Crippen molar-refractivity contribution in [3.8, 4) is 0 Å². The Hall–Kier alpha value is -0.970. The van der Waals surface area contributed by atoms with Gasteiger partial charge >= 0.3 is 0 Å². The monoisotopic (exact) mass is 269 g/mol. The molecule has 1 aromatic heterocycles. The van der Waals surface area contributed by atoms with Gasteiger partial charge in [0, 0.05) is 15.5 Å². The van der Waals surface area contributed by atoms with Gasteiger partial charge in [0.15, 0.2) is 0 Å². The number of thiophene rings is 1. The van der Waals surface area contributed by atoms with Crippen LogP contribution in [0.15, 0.2) is 44.8 Å². The van der Waals surface area contributed by atoms with Gasteiger partial charge in [-0.15, -0.1) is 11.3 Å². The van der Waals surface area contributed by atoms with Crippen LogP contribution in [0.1, 0.15) is 10.4 Å². The SMILES string of the molecule is O=C([O-])c1cc(Cl)ccc1Sc1cccs1. The van der Waals surface area contributed by atoms with Gasteiger partial charge in [-0.1, -0.05) is 29.4 Å². The van der Waals surface area contributed by atoms with Crippen LogP contribution in [0.2, 0.25) is 5.02 Å². The van der Waals surface area contributed by atoms with Crippen molar-refractivity contribution in [2.75, 3.05) is 0 Å². The molecular formula is C11H6ClO2S2-. The molecule has 0 saturated carbocycles. The lowest BCUT2D eigenvalue weighted by molar-refractivity contribution is -0.255. The lowest BCUT2D eigenvalue weighted by atomic mass is 10.2. The maximum Gasteiger partial charge on any atom is 0.0727 e. The largest absolute Gasteiger partial charge is 0.545 e. The van der Waals surface area contributed by atoms with Crippen molar-refractivity contribution in [1.82, 2.24) is 0 Å². The van der Waals surface area contributed by atoms with Crippen molar-refractivity contribution in [2.24, 2.45) is 0 Å². The van der Waals surface area contributed by atoms with E-state index in [9.17, 15) is 9.90 Å². The average molecular weight is 270 g/mol. The van der Waals surface area contributed by atoms with E-state index in [0.717, 1.165) is 4.21 Å². The Morgan fingerprint density at radius 2 is 2.19 bits per heavy atom. The van der Waals surface area contributed by atoms with E-state index in [-0.39, 0.29) is 5.56 Å². The van der Waals surface area contributed by atoms with Crippen LogP contribution in [0.4, 0.5) is 0 Å². The number of carbonyl (C=O) groups excluding carboxylic acids is 1. The van der Waals surface area contributed by atoms with Crippen molar-refractivity contribution >= 4 is 40.7 Å². The minimum Gasteiger partial charge on any atom is -0.545 e. The van der Waals surface area contributed by atoms with Crippen LogP contribution in [0.5, 0.6) is 0 Å². The third kappa shape index (κ3) is 2.58. The van der Waals surface area contributed by atoms with Gasteiger partial charge < -0.3 is 9.90 Å². The predicted octanol–water partition coefficient (Wildman–Crippen LogP) is 2.92. The smallest absolute Gasteiger partial charge is 0.0727 e. The zero-order valence-corrected chi connectivity index (χ0v) is 10.4. The number of hydrogen-bond donors (Lipinski definition) is 0. The second kappa shape index (κ2) is 4.91. The van der Waals surface area contributed by atoms with Gasteiger partial charge in [0.1, 0.15) is 0 Å². The van der Waals surface area contributed by atoms with Gasteiger partial charge in [0.25, 0.3) is 0 Å². The number of carboxylic acids is 1. The minimum absolute atomic E-state index is 0.130. The van der Waals surface area contributed by atoms with Gasteiger partial charge in [0.2, 0.25) is 0 Å². The molecule has 2 rings (SSSR count). The fourth-order valence-corrected chi connectivity index (χ4v) is 3.18. The molecule has 0 fully saturated rings. The molecule has 82 valence electrons. The summed E-state index contributed by atoms with van der Waals surface area (Å²) in [6.07, 6.45) is 0. The first-order valence-electron chi connectivity index (χ1n) is 4.39. The van der Waals surface area contributed by atoms with E-state index >= 15 is 0 Å². The molecule has 0 aliphatic heterocycles. The van der Waals surface area contributed by atoms with E-state index in [1.165, 1.54) is 17.8 Å². The number of benzene rings is 1. The summed E-state index contributed by atoms with van der Waals surface area (Å²) in [5.74, 6) is -1.21. The van der Waals surface area contributed by atoms with Crippen LogP contribution in [0.25, 0.3) is 0 Å². The average Bonchev–Trinajstić information content (AvgIpc) is 2.73. The van der Waals surface area contributed by atoms with Crippen molar-refractivity contribution in [2.45, 2.75) is 9.10 Å². The highest BCUT2D eigenvalue weighted by atomic mass is 35.5. The zero-order valence-electron chi connectivity index (χ0n) is 7.98. The highest BCUT2D eigenvalue weighted by molar-refractivity contribution is 8.01. The number of carboxylic acid groups (broad SMARTS) is 1. The van der Waals surface area contributed by atoms with E-state index in [1.54, 1.807) is 23.5 Å². The second-order valence-corrected chi connectivity index (χ2v) is 5.69. The molecule has 0 aliphatic carbocycles. The van der Waals surface area contributed by atoms with Crippen LogP contribution in [0, 0.1) is 0 Å². The van der Waals surface area contributed by atoms with Crippen molar-refractivity contribution < 1.29 is 9.90 Å². The Kier molecular flexibility index (Phi) is 3.53. The molecule has 0 N–H and O–H groups in total. The summed E-state index contributed by atoms with van der Waals surface area (Å²) in [6, 6.07) is 8.62. The maximum atomic E-state index is 10.9. The molecule has 0 atom stereocenters. The van der Waals surface area contributed by atoms with Crippen LogP contribution >= 0.6 is 34.7 Å².